The molecule has 0 aromatic heterocycles. The maximum Gasteiger partial charge on any atom is 0.335 e. The van der Waals surface area contributed by atoms with Crippen LogP contribution >= 0.6 is 0 Å². The van der Waals surface area contributed by atoms with Crippen LogP contribution in [0, 0.1) is 0 Å². The van der Waals surface area contributed by atoms with Crippen LogP contribution in [-0.2, 0) is 4.79 Å². The molecular weight excluding hydrogens is 274 g/mol. The number of aromatic carboxylic acids is 1. The lowest BCUT2D eigenvalue weighted by Crippen LogP contribution is -2.33. The molecule has 0 unspecified atom stereocenters. The van der Waals surface area contributed by atoms with Gasteiger partial charge < -0.3 is 21.1 Å². The summed E-state index contributed by atoms with van der Waals surface area (Å²) in [5.41, 5.74) is 0.467. The van der Waals surface area contributed by atoms with E-state index in [1.54, 1.807) is 6.07 Å². The number of benzene rings is 1. The Kier molecular flexibility index (Phi) is 6.73. The molecule has 0 aliphatic carbocycles. The van der Waals surface area contributed by atoms with Crippen molar-refractivity contribution in [1.82, 2.24) is 10.6 Å². The van der Waals surface area contributed by atoms with E-state index >= 15 is 0 Å². The lowest BCUT2D eigenvalue weighted by atomic mass is 10.2. The van der Waals surface area contributed by atoms with Gasteiger partial charge in [-0.1, -0.05) is 13.0 Å². The molecule has 114 valence electrons. The molecule has 0 spiro atoms. The van der Waals surface area contributed by atoms with Gasteiger partial charge in [0.15, 0.2) is 0 Å². The summed E-state index contributed by atoms with van der Waals surface area (Å²) in [6, 6.07) is 5.43. The van der Waals surface area contributed by atoms with E-state index in [4.69, 9.17) is 5.11 Å². The van der Waals surface area contributed by atoms with Crippen molar-refractivity contribution in [3.8, 4) is 0 Å². The molecule has 1 aromatic rings. The molecule has 7 heteroatoms. The minimum atomic E-state index is -1.06. The third-order valence-electron chi connectivity index (χ3n) is 2.58. The molecule has 4 N–H and O–H groups in total. The molecule has 0 heterocycles. The molecule has 0 saturated carbocycles. The molecule has 21 heavy (non-hydrogen) atoms. The Hall–Kier alpha value is -2.57. The van der Waals surface area contributed by atoms with Gasteiger partial charge >= 0.3 is 12.0 Å². The number of carboxylic acid groups (broad SMARTS) is 1. The van der Waals surface area contributed by atoms with Gasteiger partial charge in [-0.05, 0) is 24.6 Å². The summed E-state index contributed by atoms with van der Waals surface area (Å²) in [7, 11) is 0. The van der Waals surface area contributed by atoms with Crippen molar-refractivity contribution in [1.29, 1.82) is 0 Å². The number of carbonyl (C=O) groups excluding carboxylic acids is 2. The van der Waals surface area contributed by atoms with Crippen LogP contribution in [0.5, 0.6) is 0 Å². The number of carbonyl (C=O) groups is 3. The molecule has 0 aliphatic rings. The third kappa shape index (κ3) is 6.42. The van der Waals surface area contributed by atoms with Crippen LogP contribution in [0.1, 0.15) is 30.1 Å². The van der Waals surface area contributed by atoms with Crippen molar-refractivity contribution >= 4 is 23.6 Å². The standard InChI is InChI=1S/C14H19N3O4/c1-2-7-15-12(18)6-8-16-14(21)17-11-5-3-4-10(9-11)13(19)20/h3-5,9H,2,6-8H2,1H3,(H,15,18)(H,19,20)(H2,16,17,21). The zero-order chi connectivity index (χ0) is 15.7. The first-order chi connectivity index (χ1) is 10.0. The summed E-state index contributed by atoms with van der Waals surface area (Å²) in [5.74, 6) is -1.18. The summed E-state index contributed by atoms with van der Waals surface area (Å²) in [5, 5.41) is 16.6. The van der Waals surface area contributed by atoms with Crippen molar-refractivity contribution < 1.29 is 19.5 Å². The number of hydrogen-bond donors (Lipinski definition) is 4. The largest absolute Gasteiger partial charge is 0.478 e. The van der Waals surface area contributed by atoms with Crippen LogP contribution in [-0.4, -0.2) is 36.1 Å². The van der Waals surface area contributed by atoms with Gasteiger partial charge in [0.25, 0.3) is 0 Å². The maximum atomic E-state index is 11.6. The van der Waals surface area contributed by atoms with Crippen molar-refractivity contribution in [3.63, 3.8) is 0 Å². The van der Waals surface area contributed by atoms with Gasteiger partial charge in [0.05, 0.1) is 5.56 Å². The summed E-state index contributed by atoms with van der Waals surface area (Å²) < 4.78 is 0. The average Bonchev–Trinajstić information content (AvgIpc) is 2.45. The Morgan fingerprint density at radius 2 is 1.90 bits per heavy atom. The van der Waals surface area contributed by atoms with Crippen LogP contribution < -0.4 is 16.0 Å². The van der Waals surface area contributed by atoms with E-state index in [0.29, 0.717) is 12.2 Å². The fourth-order valence-electron chi connectivity index (χ4n) is 1.55. The molecular formula is C14H19N3O4. The highest BCUT2D eigenvalue weighted by atomic mass is 16.4. The molecule has 0 radical (unpaired) electrons. The topological polar surface area (TPSA) is 108 Å². The highest BCUT2D eigenvalue weighted by Crippen LogP contribution is 2.10. The smallest absolute Gasteiger partial charge is 0.335 e. The molecule has 0 fully saturated rings. The van der Waals surface area contributed by atoms with Crippen molar-refractivity contribution in [2.24, 2.45) is 0 Å². The first kappa shape index (κ1) is 16.5. The molecule has 0 saturated heterocycles. The second-order valence-corrected chi connectivity index (χ2v) is 4.37. The van der Waals surface area contributed by atoms with Crippen molar-refractivity contribution in [3.05, 3.63) is 29.8 Å². The maximum absolute atomic E-state index is 11.6. The van der Waals surface area contributed by atoms with Crippen molar-refractivity contribution in [2.75, 3.05) is 18.4 Å². The normalized spacial score (nSPS) is 9.76. The fraction of sp³-hybridized carbons (Fsp3) is 0.357. The van der Waals surface area contributed by atoms with Crippen LogP contribution in [0.4, 0.5) is 10.5 Å². The zero-order valence-electron chi connectivity index (χ0n) is 11.8. The number of amides is 3. The zero-order valence-corrected chi connectivity index (χ0v) is 11.8. The average molecular weight is 293 g/mol. The first-order valence-electron chi connectivity index (χ1n) is 6.68. The van der Waals surface area contributed by atoms with Crippen molar-refractivity contribution in [2.45, 2.75) is 19.8 Å². The Labute approximate surface area is 122 Å². The Bertz CT molecular complexity index is 517. The number of hydrogen-bond acceptors (Lipinski definition) is 3. The van der Waals surface area contributed by atoms with E-state index in [9.17, 15) is 14.4 Å². The highest BCUT2D eigenvalue weighted by molar-refractivity contribution is 5.93. The minimum Gasteiger partial charge on any atom is -0.478 e. The molecule has 0 aliphatic heterocycles. The van der Waals surface area contributed by atoms with Gasteiger partial charge in [-0.25, -0.2) is 9.59 Å². The fourth-order valence-corrected chi connectivity index (χ4v) is 1.55. The highest BCUT2D eigenvalue weighted by Gasteiger charge is 2.06. The van der Waals surface area contributed by atoms with E-state index in [0.717, 1.165) is 6.42 Å². The molecule has 0 bridgehead atoms. The Morgan fingerprint density at radius 1 is 1.14 bits per heavy atom. The first-order valence-corrected chi connectivity index (χ1v) is 6.68. The van der Waals surface area contributed by atoms with Gasteiger partial charge in [-0.3, -0.25) is 4.79 Å². The van der Waals surface area contributed by atoms with E-state index in [1.165, 1.54) is 18.2 Å². The van der Waals surface area contributed by atoms with Crippen LogP contribution in [0.2, 0.25) is 0 Å². The summed E-state index contributed by atoms with van der Waals surface area (Å²) in [6.45, 7) is 2.78. The molecule has 3 amide bonds. The number of nitrogens with one attached hydrogen (secondary N) is 3. The Morgan fingerprint density at radius 3 is 2.57 bits per heavy atom. The monoisotopic (exact) mass is 293 g/mol. The molecule has 7 nitrogen and oxygen atoms in total. The van der Waals surface area contributed by atoms with E-state index in [1.807, 2.05) is 6.92 Å². The number of rotatable bonds is 7. The predicted octanol–water partition coefficient (Wildman–Crippen LogP) is 1.42. The SMILES string of the molecule is CCCNC(=O)CCNC(=O)Nc1cccc(C(=O)O)c1. The molecule has 1 aromatic carbocycles. The van der Waals surface area contributed by atoms with Gasteiger partial charge in [-0.15, -0.1) is 0 Å². The minimum absolute atomic E-state index is 0.0896. The van der Waals surface area contributed by atoms with E-state index in [2.05, 4.69) is 16.0 Å². The number of anilines is 1. The number of urea groups is 1. The second kappa shape index (κ2) is 8.57. The third-order valence-corrected chi connectivity index (χ3v) is 2.58. The quantitative estimate of drug-likeness (QED) is 0.609. The lowest BCUT2D eigenvalue weighted by molar-refractivity contribution is -0.120. The van der Waals surface area contributed by atoms with E-state index < -0.39 is 12.0 Å². The van der Waals surface area contributed by atoms with Crippen LogP contribution in [0.25, 0.3) is 0 Å². The van der Waals surface area contributed by atoms with Crippen LogP contribution in [0.3, 0.4) is 0 Å². The van der Waals surface area contributed by atoms with Crippen LogP contribution in [0.15, 0.2) is 24.3 Å². The molecule has 1 rings (SSSR count). The van der Waals surface area contributed by atoms with E-state index in [-0.39, 0.29) is 24.4 Å². The predicted molar refractivity (Wildman–Crippen MR) is 78.3 cm³/mol. The van der Waals surface area contributed by atoms with Gasteiger partial charge in [0, 0.05) is 25.2 Å². The summed E-state index contributed by atoms with van der Waals surface area (Å²) in [6.07, 6.45) is 1.06. The molecule has 0 atom stereocenters. The van der Waals surface area contributed by atoms with Gasteiger partial charge in [0.1, 0.15) is 0 Å². The number of carboxylic acids is 1. The Balaban J connectivity index is 2.35. The lowest BCUT2D eigenvalue weighted by Gasteiger charge is -2.08. The second-order valence-electron chi connectivity index (χ2n) is 4.37. The summed E-state index contributed by atoms with van der Waals surface area (Å²) >= 11 is 0. The van der Waals surface area contributed by atoms with Gasteiger partial charge in [-0.2, -0.15) is 0 Å². The summed E-state index contributed by atoms with van der Waals surface area (Å²) in [4.78, 5) is 33.7. The van der Waals surface area contributed by atoms with Gasteiger partial charge in [0.2, 0.25) is 5.91 Å².